The van der Waals surface area contributed by atoms with Crippen LogP contribution in [0.1, 0.15) is 52.0 Å². The molecular formula is C18H30ClN3O2. The van der Waals surface area contributed by atoms with E-state index in [9.17, 15) is 9.59 Å². The number of nitrogens with one attached hydrogen (secondary N) is 2. The Morgan fingerprint density at radius 3 is 2.08 bits per heavy atom. The van der Waals surface area contributed by atoms with E-state index in [0.717, 1.165) is 17.7 Å². The molecular weight excluding hydrogens is 326 g/mol. The molecule has 0 aliphatic heterocycles. The first-order chi connectivity index (χ1) is 10.9. The number of amides is 2. The molecule has 0 fully saturated rings. The normalized spacial score (nSPS) is 10.7. The van der Waals surface area contributed by atoms with Crippen molar-refractivity contribution in [3.63, 3.8) is 0 Å². The van der Waals surface area contributed by atoms with Crippen molar-refractivity contribution < 1.29 is 9.59 Å². The number of benzene rings is 1. The summed E-state index contributed by atoms with van der Waals surface area (Å²) in [5.41, 5.74) is 7.58. The van der Waals surface area contributed by atoms with Gasteiger partial charge < -0.3 is 16.4 Å². The van der Waals surface area contributed by atoms with Crippen molar-refractivity contribution in [2.24, 2.45) is 11.1 Å². The fraction of sp³-hybridized carbons (Fsp3) is 0.556. The molecule has 4 N–H and O–H groups in total. The zero-order chi connectivity index (χ0) is 17.5. The molecule has 1 aromatic carbocycles. The molecule has 0 saturated heterocycles. The third kappa shape index (κ3) is 5.21. The summed E-state index contributed by atoms with van der Waals surface area (Å²) in [5, 5.41) is 5.87. The molecule has 136 valence electrons. The summed E-state index contributed by atoms with van der Waals surface area (Å²) in [7, 11) is 0. The first-order valence-electron chi connectivity index (χ1n) is 8.35. The zero-order valence-electron chi connectivity index (χ0n) is 15.1. The molecule has 0 unspecified atom stereocenters. The molecule has 0 saturated carbocycles. The fourth-order valence-corrected chi connectivity index (χ4v) is 2.55. The van der Waals surface area contributed by atoms with Crippen LogP contribution < -0.4 is 16.4 Å². The standard InChI is InChI=1S/C18H29N3O2.ClH/c1-5-9-16(22)20-14-10-8-11-15(13(14)4)21-17(23)18(6-2,7-3)12-19;/h8,10-11H,5-7,9,12,19H2,1-4H3,(H,20,22)(H,21,23);1H. The van der Waals surface area contributed by atoms with E-state index < -0.39 is 5.41 Å². The third-order valence-electron chi connectivity index (χ3n) is 4.56. The topological polar surface area (TPSA) is 84.2 Å². The Balaban J connectivity index is 0.00000529. The van der Waals surface area contributed by atoms with Gasteiger partial charge >= 0.3 is 0 Å². The van der Waals surface area contributed by atoms with E-state index in [1.54, 1.807) is 0 Å². The number of rotatable bonds is 8. The lowest BCUT2D eigenvalue weighted by atomic mass is 9.81. The van der Waals surface area contributed by atoms with Gasteiger partial charge in [0, 0.05) is 24.3 Å². The van der Waals surface area contributed by atoms with Gasteiger partial charge in [-0.2, -0.15) is 0 Å². The van der Waals surface area contributed by atoms with Crippen LogP contribution in [0, 0.1) is 12.3 Å². The maximum atomic E-state index is 12.6. The molecule has 0 aromatic heterocycles. The summed E-state index contributed by atoms with van der Waals surface area (Å²) in [6, 6.07) is 5.51. The summed E-state index contributed by atoms with van der Waals surface area (Å²) in [6.45, 7) is 8.12. The molecule has 0 spiro atoms. The molecule has 0 bridgehead atoms. The van der Waals surface area contributed by atoms with Crippen LogP contribution in [0.2, 0.25) is 0 Å². The van der Waals surface area contributed by atoms with E-state index >= 15 is 0 Å². The van der Waals surface area contributed by atoms with Crippen molar-refractivity contribution in [2.75, 3.05) is 17.2 Å². The van der Waals surface area contributed by atoms with Gasteiger partial charge in [0.25, 0.3) is 0 Å². The zero-order valence-corrected chi connectivity index (χ0v) is 15.9. The Morgan fingerprint density at radius 2 is 1.62 bits per heavy atom. The van der Waals surface area contributed by atoms with Gasteiger partial charge in [0.05, 0.1) is 5.41 Å². The molecule has 1 rings (SSSR count). The lowest BCUT2D eigenvalue weighted by Crippen LogP contribution is -2.41. The Hall–Kier alpha value is -1.59. The van der Waals surface area contributed by atoms with Gasteiger partial charge in [-0.3, -0.25) is 9.59 Å². The summed E-state index contributed by atoms with van der Waals surface area (Å²) in [5.74, 6) is -0.0809. The SMILES string of the molecule is CCCC(=O)Nc1cccc(NC(=O)C(CC)(CC)CN)c1C.Cl. The predicted molar refractivity (Wildman–Crippen MR) is 103 cm³/mol. The monoisotopic (exact) mass is 355 g/mol. The summed E-state index contributed by atoms with van der Waals surface area (Å²) >= 11 is 0. The smallest absolute Gasteiger partial charge is 0.231 e. The van der Waals surface area contributed by atoms with E-state index in [1.165, 1.54) is 0 Å². The van der Waals surface area contributed by atoms with Crippen LogP contribution in [0.3, 0.4) is 0 Å². The van der Waals surface area contributed by atoms with Gasteiger partial charge in [0.15, 0.2) is 0 Å². The highest BCUT2D eigenvalue weighted by molar-refractivity contribution is 5.98. The van der Waals surface area contributed by atoms with E-state index in [2.05, 4.69) is 10.6 Å². The van der Waals surface area contributed by atoms with Crippen molar-refractivity contribution in [1.29, 1.82) is 0 Å². The number of hydrogen-bond donors (Lipinski definition) is 3. The predicted octanol–water partition coefficient (Wildman–Crippen LogP) is 3.86. The molecule has 24 heavy (non-hydrogen) atoms. The highest BCUT2D eigenvalue weighted by Gasteiger charge is 2.33. The summed E-state index contributed by atoms with van der Waals surface area (Å²) in [4.78, 5) is 24.4. The van der Waals surface area contributed by atoms with Gasteiger partial charge in [0.1, 0.15) is 0 Å². The minimum Gasteiger partial charge on any atom is -0.329 e. The second kappa shape index (κ2) is 10.3. The van der Waals surface area contributed by atoms with E-state index in [-0.39, 0.29) is 24.2 Å². The lowest BCUT2D eigenvalue weighted by Gasteiger charge is -2.29. The number of nitrogens with two attached hydrogens (primary N) is 1. The van der Waals surface area contributed by atoms with E-state index in [4.69, 9.17) is 5.73 Å². The van der Waals surface area contributed by atoms with Crippen LogP contribution in [0.15, 0.2) is 18.2 Å². The number of hydrogen-bond acceptors (Lipinski definition) is 3. The quantitative estimate of drug-likeness (QED) is 0.662. The molecule has 0 heterocycles. The van der Waals surface area contributed by atoms with Crippen LogP contribution in [0.5, 0.6) is 0 Å². The summed E-state index contributed by atoms with van der Waals surface area (Å²) in [6.07, 6.45) is 2.67. The number of anilines is 2. The minimum absolute atomic E-state index is 0. The Kier molecular flexibility index (Phi) is 9.63. The van der Waals surface area contributed by atoms with Crippen molar-refractivity contribution in [1.82, 2.24) is 0 Å². The molecule has 0 atom stereocenters. The second-order valence-electron chi connectivity index (χ2n) is 5.92. The van der Waals surface area contributed by atoms with Crippen LogP contribution in [-0.4, -0.2) is 18.4 Å². The van der Waals surface area contributed by atoms with Crippen LogP contribution in [0.4, 0.5) is 11.4 Å². The number of carbonyl (C=O) groups excluding carboxylic acids is 2. The molecule has 0 radical (unpaired) electrons. The van der Waals surface area contributed by atoms with Crippen LogP contribution >= 0.6 is 12.4 Å². The molecule has 0 aliphatic rings. The van der Waals surface area contributed by atoms with E-state index in [0.29, 0.717) is 31.5 Å². The van der Waals surface area contributed by atoms with Crippen molar-refractivity contribution >= 4 is 35.6 Å². The van der Waals surface area contributed by atoms with Crippen molar-refractivity contribution in [3.05, 3.63) is 23.8 Å². The van der Waals surface area contributed by atoms with Gasteiger partial charge in [-0.1, -0.05) is 26.8 Å². The third-order valence-corrected chi connectivity index (χ3v) is 4.56. The lowest BCUT2D eigenvalue weighted by molar-refractivity contribution is -0.125. The summed E-state index contributed by atoms with van der Waals surface area (Å²) < 4.78 is 0. The van der Waals surface area contributed by atoms with Crippen LogP contribution in [-0.2, 0) is 9.59 Å². The van der Waals surface area contributed by atoms with Gasteiger partial charge in [0.2, 0.25) is 11.8 Å². The molecule has 5 nitrogen and oxygen atoms in total. The van der Waals surface area contributed by atoms with Gasteiger partial charge in [-0.15, -0.1) is 12.4 Å². The number of halogens is 1. The van der Waals surface area contributed by atoms with Crippen LogP contribution in [0.25, 0.3) is 0 Å². The van der Waals surface area contributed by atoms with E-state index in [1.807, 2.05) is 45.9 Å². The largest absolute Gasteiger partial charge is 0.329 e. The fourth-order valence-electron chi connectivity index (χ4n) is 2.55. The number of carbonyl (C=O) groups is 2. The second-order valence-corrected chi connectivity index (χ2v) is 5.92. The van der Waals surface area contributed by atoms with Crippen molar-refractivity contribution in [3.8, 4) is 0 Å². The van der Waals surface area contributed by atoms with Gasteiger partial charge in [-0.05, 0) is 43.9 Å². The average Bonchev–Trinajstić information content (AvgIpc) is 2.54. The highest BCUT2D eigenvalue weighted by atomic mass is 35.5. The van der Waals surface area contributed by atoms with Gasteiger partial charge in [-0.25, -0.2) is 0 Å². The highest BCUT2D eigenvalue weighted by Crippen LogP contribution is 2.29. The molecule has 6 heteroatoms. The van der Waals surface area contributed by atoms with Crippen molar-refractivity contribution in [2.45, 2.75) is 53.4 Å². The first-order valence-corrected chi connectivity index (χ1v) is 8.35. The molecule has 2 amide bonds. The average molecular weight is 356 g/mol. The minimum atomic E-state index is -0.548. The molecule has 1 aromatic rings. The Labute approximate surface area is 151 Å². The maximum Gasteiger partial charge on any atom is 0.231 e. The Bertz CT molecular complexity index is 549. The molecule has 0 aliphatic carbocycles. The Morgan fingerprint density at radius 1 is 1.08 bits per heavy atom. The first kappa shape index (κ1) is 22.4. The maximum absolute atomic E-state index is 12.6.